The van der Waals surface area contributed by atoms with Gasteiger partial charge in [-0.1, -0.05) is 11.6 Å². The molecule has 1 heterocycles. The SMILES string of the molecule is CC(C)(C)Oc1c(C(=O)O)cc(N=C=O)nc1Cl. The molecule has 0 fully saturated rings. The number of carbonyl (C=O) groups excluding carboxylic acids is 1. The molecule has 0 unspecified atom stereocenters. The monoisotopic (exact) mass is 270 g/mol. The average Bonchev–Trinajstić information content (AvgIpc) is 2.20. The molecule has 0 aliphatic rings. The van der Waals surface area contributed by atoms with Crippen LogP contribution in [0, 0.1) is 0 Å². The summed E-state index contributed by atoms with van der Waals surface area (Å²) in [4.78, 5) is 28.2. The summed E-state index contributed by atoms with van der Waals surface area (Å²) in [5, 5.41) is 8.91. The third kappa shape index (κ3) is 3.55. The number of hydrogen-bond acceptors (Lipinski definition) is 5. The molecule has 0 spiro atoms. The van der Waals surface area contributed by atoms with Crippen LogP contribution < -0.4 is 4.74 Å². The van der Waals surface area contributed by atoms with Gasteiger partial charge in [0, 0.05) is 6.07 Å². The Bertz CT molecular complexity index is 531. The van der Waals surface area contributed by atoms with Crippen LogP contribution in [0.25, 0.3) is 0 Å². The van der Waals surface area contributed by atoms with Gasteiger partial charge in [0.05, 0.1) is 0 Å². The van der Waals surface area contributed by atoms with Crippen LogP contribution in [-0.2, 0) is 4.79 Å². The summed E-state index contributed by atoms with van der Waals surface area (Å²) in [5.74, 6) is -1.43. The van der Waals surface area contributed by atoms with Crippen molar-refractivity contribution in [1.29, 1.82) is 0 Å². The third-order valence-corrected chi connectivity index (χ3v) is 1.97. The quantitative estimate of drug-likeness (QED) is 0.518. The molecule has 0 atom stereocenters. The molecule has 0 saturated carbocycles. The molecule has 0 radical (unpaired) electrons. The molecule has 1 rings (SSSR count). The van der Waals surface area contributed by atoms with Gasteiger partial charge < -0.3 is 9.84 Å². The van der Waals surface area contributed by atoms with Crippen LogP contribution in [-0.4, -0.2) is 27.7 Å². The number of aliphatic imine (C=N–C) groups is 1. The molecule has 18 heavy (non-hydrogen) atoms. The van der Waals surface area contributed by atoms with Gasteiger partial charge in [-0.25, -0.2) is 14.6 Å². The number of hydrogen-bond donors (Lipinski definition) is 1. The van der Waals surface area contributed by atoms with Gasteiger partial charge in [-0.05, 0) is 20.8 Å². The summed E-state index contributed by atoms with van der Waals surface area (Å²) in [6, 6.07) is 1.10. The predicted octanol–water partition coefficient (Wildman–Crippen LogP) is 2.58. The second kappa shape index (κ2) is 5.16. The van der Waals surface area contributed by atoms with E-state index in [0.29, 0.717) is 0 Å². The van der Waals surface area contributed by atoms with E-state index in [1.54, 1.807) is 20.8 Å². The molecule has 7 heteroatoms. The van der Waals surface area contributed by atoms with Crippen molar-refractivity contribution in [3.8, 4) is 5.75 Å². The Kier molecular flexibility index (Phi) is 4.06. The van der Waals surface area contributed by atoms with Crippen molar-refractivity contribution in [1.82, 2.24) is 4.98 Å². The Hall–Kier alpha value is -1.91. The first-order valence-electron chi connectivity index (χ1n) is 4.95. The Morgan fingerprint density at radius 3 is 2.61 bits per heavy atom. The molecule has 0 saturated heterocycles. The van der Waals surface area contributed by atoms with Crippen LogP contribution in [0.4, 0.5) is 5.82 Å². The number of pyridine rings is 1. The summed E-state index contributed by atoms with van der Waals surface area (Å²) in [6.07, 6.45) is 1.27. The molecule has 6 nitrogen and oxygen atoms in total. The number of nitrogens with zero attached hydrogens (tertiary/aromatic N) is 2. The topological polar surface area (TPSA) is 88.9 Å². The molecular weight excluding hydrogens is 260 g/mol. The molecule has 1 aromatic rings. The van der Waals surface area contributed by atoms with E-state index in [2.05, 4.69) is 9.98 Å². The van der Waals surface area contributed by atoms with E-state index >= 15 is 0 Å². The molecule has 96 valence electrons. The number of carboxylic acid groups (broad SMARTS) is 1. The maximum absolute atomic E-state index is 11.1. The van der Waals surface area contributed by atoms with Crippen molar-refractivity contribution in [2.45, 2.75) is 26.4 Å². The van der Waals surface area contributed by atoms with Crippen molar-refractivity contribution in [2.24, 2.45) is 4.99 Å². The zero-order valence-corrected chi connectivity index (χ0v) is 10.8. The number of rotatable bonds is 3. The lowest BCUT2D eigenvalue weighted by atomic mass is 10.1. The number of ether oxygens (including phenoxy) is 1. The van der Waals surface area contributed by atoms with E-state index in [4.69, 9.17) is 21.4 Å². The maximum Gasteiger partial charge on any atom is 0.339 e. The van der Waals surface area contributed by atoms with Gasteiger partial charge in [0.15, 0.2) is 16.7 Å². The van der Waals surface area contributed by atoms with Gasteiger partial charge in [-0.3, -0.25) is 0 Å². The summed E-state index contributed by atoms with van der Waals surface area (Å²) >= 11 is 5.83. The van der Waals surface area contributed by atoms with Crippen LogP contribution >= 0.6 is 11.6 Å². The van der Waals surface area contributed by atoms with E-state index < -0.39 is 11.6 Å². The molecule has 1 N–H and O–H groups in total. The van der Waals surface area contributed by atoms with E-state index in [1.807, 2.05) is 0 Å². The Labute approximate surface area is 108 Å². The van der Waals surface area contributed by atoms with Gasteiger partial charge >= 0.3 is 5.97 Å². The molecule has 0 bridgehead atoms. The van der Waals surface area contributed by atoms with E-state index in [-0.39, 0.29) is 22.3 Å². The summed E-state index contributed by atoms with van der Waals surface area (Å²) in [7, 11) is 0. The smallest absolute Gasteiger partial charge is 0.339 e. The minimum Gasteiger partial charge on any atom is -0.484 e. The fraction of sp³-hybridized carbons (Fsp3) is 0.364. The van der Waals surface area contributed by atoms with E-state index in [1.165, 1.54) is 6.08 Å². The lowest BCUT2D eigenvalue weighted by Crippen LogP contribution is -2.24. The fourth-order valence-corrected chi connectivity index (χ4v) is 1.38. The molecule has 0 aliphatic carbocycles. The molecule has 0 aliphatic heterocycles. The average molecular weight is 271 g/mol. The van der Waals surface area contributed by atoms with Gasteiger partial charge in [0.1, 0.15) is 11.2 Å². The number of carbonyl (C=O) groups is 1. The lowest BCUT2D eigenvalue weighted by Gasteiger charge is -2.22. The van der Waals surface area contributed by atoms with E-state index in [0.717, 1.165) is 6.07 Å². The Balaban J connectivity index is 3.41. The number of carboxylic acids is 1. The normalized spacial score (nSPS) is 10.7. The van der Waals surface area contributed by atoms with E-state index in [9.17, 15) is 9.59 Å². The highest BCUT2D eigenvalue weighted by atomic mass is 35.5. The number of isocyanates is 1. The molecule has 0 amide bonds. The summed E-state index contributed by atoms with van der Waals surface area (Å²) < 4.78 is 5.44. The summed E-state index contributed by atoms with van der Waals surface area (Å²) in [6.45, 7) is 5.23. The standard InChI is InChI=1S/C11H11ClN2O4/c1-11(2,3)18-8-6(10(16)17)4-7(13-5-15)14-9(8)12/h4H,1-3H3,(H,16,17). The van der Waals surface area contributed by atoms with Crippen LogP contribution in [0.2, 0.25) is 5.15 Å². The summed E-state index contributed by atoms with van der Waals surface area (Å²) in [5.41, 5.74) is -0.843. The fourth-order valence-electron chi connectivity index (χ4n) is 1.16. The van der Waals surface area contributed by atoms with Crippen LogP contribution in [0.15, 0.2) is 11.1 Å². The molecule has 1 aromatic heterocycles. The second-order valence-corrected chi connectivity index (χ2v) is 4.73. The van der Waals surface area contributed by atoms with Crippen LogP contribution in [0.3, 0.4) is 0 Å². The highest BCUT2D eigenvalue weighted by molar-refractivity contribution is 6.31. The lowest BCUT2D eigenvalue weighted by molar-refractivity contribution is 0.0680. The maximum atomic E-state index is 11.1. The second-order valence-electron chi connectivity index (χ2n) is 4.37. The highest BCUT2D eigenvalue weighted by Crippen LogP contribution is 2.33. The van der Waals surface area contributed by atoms with Crippen molar-refractivity contribution in [3.63, 3.8) is 0 Å². The Morgan fingerprint density at radius 2 is 2.17 bits per heavy atom. The van der Waals surface area contributed by atoms with Gasteiger partial charge in [-0.15, -0.1) is 4.99 Å². The number of halogens is 1. The van der Waals surface area contributed by atoms with Crippen molar-refractivity contribution in [3.05, 3.63) is 16.8 Å². The molecule has 0 aromatic carbocycles. The van der Waals surface area contributed by atoms with Crippen molar-refractivity contribution < 1.29 is 19.4 Å². The molecular formula is C11H11ClN2O4. The van der Waals surface area contributed by atoms with Gasteiger partial charge in [-0.2, -0.15) is 0 Å². The van der Waals surface area contributed by atoms with Crippen LogP contribution in [0.5, 0.6) is 5.75 Å². The first kappa shape index (κ1) is 14.2. The van der Waals surface area contributed by atoms with Gasteiger partial charge in [0.25, 0.3) is 0 Å². The number of aromatic carboxylic acids is 1. The predicted molar refractivity (Wildman–Crippen MR) is 64.4 cm³/mol. The largest absolute Gasteiger partial charge is 0.484 e. The van der Waals surface area contributed by atoms with Crippen LogP contribution in [0.1, 0.15) is 31.1 Å². The van der Waals surface area contributed by atoms with Crippen molar-refractivity contribution in [2.75, 3.05) is 0 Å². The first-order chi connectivity index (χ1) is 8.24. The minimum atomic E-state index is -1.25. The zero-order valence-electron chi connectivity index (χ0n) is 10.0. The first-order valence-corrected chi connectivity index (χ1v) is 5.33. The zero-order chi connectivity index (χ0) is 13.9. The van der Waals surface area contributed by atoms with Crippen molar-refractivity contribution >= 4 is 29.5 Å². The number of aromatic nitrogens is 1. The minimum absolute atomic E-state index is 0.0542. The highest BCUT2D eigenvalue weighted by Gasteiger charge is 2.23. The Morgan fingerprint density at radius 1 is 1.56 bits per heavy atom. The van der Waals surface area contributed by atoms with Gasteiger partial charge in [0.2, 0.25) is 6.08 Å². The third-order valence-electron chi connectivity index (χ3n) is 1.72.